The molecule has 5 rings (SSSR count). The van der Waals surface area contributed by atoms with E-state index in [1.807, 2.05) is 60.7 Å². The van der Waals surface area contributed by atoms with Crippen LogP contribution in [0.3, 0.4) is 0 Å². The van der Waals surface area contributed by atoms with Crippen molar-refractivity contribution < 1.29 is 19.2 Å². The maximum Gasteiger partial charge on any atom is 0.253 e. The zero-order valence-electron chi connectivity index (χ0n) is 21.5. The molecule has 0 radical (unpaired) electrons. The third-order valence-corrected chi connectivity index (χ3v) is 7.14. The first kappa shape index (κ1) is 26.5. The molecular weight excluding hydrogens is 508 g/mol. The van der Waals surface area contributed by atoms with Crippen LogP contribution in [0.5, 0.6) is 0 Å². The largest absolute Gasteiger partial charge is 0.355 e. The molecule has 4 amide bonds. The Hall–Kier alpha value is -5.12. The van der Waals surface area contributed by atoms with Crippen LogP contribution < -0.4 is 21.5 Å². The molecule has 3 aromatic rings. The van der Waals surface area contributed by atoms with Crippen molar-refractivity contribution in [2.45, 2.75) is 11.8 Å². The lowest BCUT2D eigenvalue weighted by Gasteiger charge is -2.15. The van der Waals surface area contributed by atoms with Crippen molar-refractivity contribution >= 4 is 36.1 Å². The Morgan fingerprint density at radius 3 is 1.40 bits per heavy atom. The van der Waals surface area contributed by atoms with Gasteiger partial charge in [0.1, 0.15) is 11.8 Å². The number of amides is 4. The van der Waals surface area contributed by atoms with E-state index in [9.17, 15) is 19.2 Å². The van der Waals surface area contributed by atoms with Gasteiger partial charge in [-0.05, 0) is 11.1 Å². The lowest BCUT2D eigenvalue weighted by atomic mass is 9.88. The number of nitrogens with zero attached hydrogens (tertiary/aromatic N) is 2. The Bertz CT molecular complexity index is 1350. The van der Waals surface area contributed by atoms with Crippen molar-refractivity contribution in [3.8, 4) is 0 Å². The number of benzene rings is 3. The van der Waals surface area contributed by atoms with Crippen LogP contribution in [0.1, 0.15) is 34.1 Å². The molecule has 2 saturated heterocycles. The maximum atomic E-state index is 12.9. The molecule has 202 valence electrons. The first-order valence-corrected chi connectivity index (χ1v) is 12.9. The predicted octanol–water partition coefficient (Wildman–Crippen LogP) is 1.65. The van der Waals surface area contributed by atoms with Crippen molar-refractivity contribution in [3.63, 3.8) is 0 Å². The number of rotatable bonds is 8. The van der Waals surface area contributed by atoms with Gasteiger partial charge in [0.05, 0.1) is 12.4 Å². The first-order chi connectivity index (χ1) is 19.5. The van der Waals surface area contributed by atoms with E-state index in [1.165, 1.54) is 12.4 Å². The number of hydrogen-bond acceptors (Lipinski definition) is 6. The highest BCUT2D eigenvalue weighted by molar-refractivity contribution is 6.04. The minimum Gasteiger partial charge on any atom is -0.355 e. The van der Waals surface area contributed by atoms with E-state index >= 15 is 0 Å². The van der Waals surface area contributed by atoms with Gasteiger partial charge in [0.15, 0.2) is 0 Å². The Labute approximate surface area is 230 Å². The molecule has 40 heavy (non-hydrogen) atoms. The fourth-order valence-electron chi connectivity index (χ4n) is 5.08. The molecule has 3 aromatic carbocycles. The second-order valence-corrected chi connectivity index (χ2v) is 9.58. The summed E-state index contributed by atoms with van der Waals surface area (Å²) >= 11 is 0. The maximum absolute atomic E-state index is 12.9. The Morgan fingerprint density at radius 2 is 1.00 bits per heavy atom. The van der Waals surface area contributed by atoms with Gasteiger partial charge in [0.2, 0.25) is 11.8 Å². The van der Waals surface area contributed by atoms with Gasteiger partial charge in [0, 0.05) is 36.1 Å². The van der Waals surface area contributed by atoms with E-state index in [2.05, 4.69) is 31.7 Å². The Kier molecular flexibility index (Phi) is 8.05. The molecule has 0 aromatic heterocycles. The summed E-state index contributed by atoms with van der Waals surface area (Å²) in [5, 5.41) is 13.6. The van der Waals surface area contributed by atoms with E-state index in [4.69, 9.17) is 0 Å². The molecule has 2 aliphatic rings. The average molecular weight is 537 g/mol. The third-order valence-electron chi connectivity index (χ3n) is 7.14. The lowest BCUT2D eigenvalue weighted by Crippen LogP contribution is -2.34. The highest BCUT2D eigenvalue weighted by Gasteiger charge is 2.42. The highest BCUT2D eigenvalue weighted by Crippen LogP contribution is 2.30. The van der Waals surface area contributed by atoms with Gasteiger partial charge in [-0.1, -0.05) is 84.9 Å². The first-order valence-electron chi connectivity index (χ1n) is 12.9. The number of hydrogen-bond donors (Lipinski definition) is 4. The molecule has 0 saturated carbocycles. The summed E-state index contributed by atoms with van der Waals surface area (Å²) in [6, 6.07) is 25.9. The fourth-order valence-corrected chi connectivity index (χ4v) is 5.08. The van der Waals surface area contributed by atoms with Gasteiger partial charge in [-0.2, -0.15) is 10.2 Å². The summed E-state index contributed by atoms with van der Waals surface area (Å²) in [5.74, 6) is -4.02. The molecule has 2 fully saturated rings. The van der Waals surface area contributed by atoms with E-state index in [1.54, 1.807) is 24.3 Å². The summed E-state index contributed by atoms with van der Waals surface area (Å²) < 4.78 is 0. The molecule has 0 aliphatic carbocycles. The number of nitrogens with one attached hydrogen (secondary N) is 4. The molecule has 2 aliphatic heterocycles. The average Bonchev–Trinajstić information content (AvgIpc) is 3.57. The van der Waals surface area contributed by atoms with Gasteiger partial charge in [-0.3, -0.25) is 19.2 Å². The van der Waals surface area contributed by atoms with Crippen LogP contribution >= 0.6 is 0 Å². The SMILES string of the molecule is O=C1NC[C@H](c2ccccc2)[C@@H]1C(=O)N/N=C\c1ccccc1/C=N/NC(=O)[C@@H]1C(=O)NC[C@H]1c1ccccc1. The lowest BCUT2D eigenvalue weighted by molar-refractivity contribution is -0.135. The molecule has 4 atom stereocenters. The molecule has 10 nitrogen and oxygen atoms in total. The van der Waals surface area contributed by atoms with E-state index < -0.39 is 23.7 Å². The molecule has 4 N–H and O–H groups in total. The van der Waals surface area contributed by atoms with Gasteiger partial charge >= 0.3 is 0 Å². The van der Waals surface area contributed by atoms with Crippen LogP contribution in [-0.4, -0.2) is 49.1 Å². The van der Waals surface area contributed by atoms with Crippen LogP contribution in [0.25, 0.3) is 0 Å². The van der Waals surface area contributed by atoms with Crippen molar-refractivity contribution in [3.05, 3.63) is 107 Å². The minimum atomic E-state index is -0.890. The summed E-state index contributed by atoms with van der Waals surface area (Å²) in [5.41, 5.74) is 8.00. The van der Waals surface area contributed by atoms with Gasteiger partial charge in [0.25, 0.3) is 11.8 Å². The Balaban J connectivity index is 1.22. The molecule has 0 bridgehead atoms. The summed E-state index contributed by atoms with van der Waals surface area (Å²) in [6.07, 6.45) is 2.89. The molecule has 10 heteroatoms. The van der Waals surface area contributed by atoms with Gasteiger partial charge < -0.3 is 10.6 Å². The van der Waals surface area contributed by atoms with Crippen LogP contribution in [0.4, 0.5) is 0 Å². The summed E-state index contributed by atoms with van der Waals surface area (Å²) in [7, 11) is 0. The smallest absolute Gasteiger partial charge is 0.253 e. The zero-order chi connectivity index (χ0) is 27.9. The third kappa shape index (κ3) is 5.80. The van der Waals surface area contributed by atoms with Crippen LogP contribution in [0.15, 0.2) is 95.1 Å². The van der Waals surface area contributed by atoms with E-state index in [0.717, 1.165) is 11.1 Å². The van der Waals surface area contributed by atoms with Crippen molar-refractivity contribution in [1.82, 2.24) is 21.5 Å². The second kappa shape index (κ2) is 12.2. The minimum absolute atomic E-state index is 0.282. The predicted molar refractivity (Wildman–Crippen MR) is 149 cm³/mol. The molecule has 2 heterocycles. The summed E-state index contributed by atoms with van der Waals surface area (Å²) in [4.78, 5) is 50.5. The standard InChI is InChI=1S/C30H28N6O4/c37-27-25(23(17-31-27)19-9-3-1-4-10-19)29(39)35-33-15-21-13-7-8-14-22(21)16-34-36-30(40)26-24(18-32-28(26)38)20-11-5-2-6-12-20/h1-16,23-26H,17-18H2,(H,31,37)(H,32,38)(H,35,39)(H,36,40)/b33-15-,34-16+/t23-,24+,25+,26+/m1/s1. The monoisotopic (exact) mass is 536 g/mol. The Morgan fingerprint density at radius 1 is 0.625 bits per heavy atom. The second-order valence-electron chi connectivity index (χ2n) is 9.58. The number of carbonyl (C=O) groups excluding carboxylic acids is 4. The van der Waals surface area contributed by atoms with Gasteiger partial charge in [-0.15, -0.1) is 0 Å². The molecule has 0 unspecified atom stereocenters. The fraction of sp³-hybridized carbons (Fsp3) is 0.200. The van der Waals surface area contributed by atoms with Crippen molar-refractivity contribution in [1.29, 1.82) is 0 Å². The van der Waals surface area contributed by atoms with Crippen molar-refractivity contribution in [2.75, 3.05) is 13.1 Å². The normalized spacial score (nSPS) is 22.3. The quantitative estimate of drug-likeness (QED) is 0.197. The number of hydrazone groups is 2. The van der Waals surface area contributed by atoms with E-state index in [-0.39, 0.29) is 23.7 Å². The van der Waals surface area contributed by atoms with Crippen molar-refractivity contribution in [2.24, 2.45) is 22.0 Å². The summed E-state index contributed by atoms with van der Waals surface area (Å²) in [6.45, 7) is 0.758. The zero-order valence-corrected chi connectivity index (χ0v) is 21.5. The molecule has 0 spiro atoms. The topological polar surface area (TPSA) is 141 Å². The van der Waals surface area contributed by atoms with Crippen LogP contribution in [0.2, 0.25) is 0 Å². The molecular formula is C30H28N6O4. The van der Waals surface area contributed by atoms with E-state index in [0.29, 0.717) is 24.2 Å². The van der Waals surface area contributed by atoms with Gasteiger partial charge in [-0.25, -0.2) is 10.9 Å². The van der Waals surface area contributed by atoms with Crippen LogP contribution in [0, 0.1) is 11.8 Å². The van der Waals surface area contributed by atoms with Crippen LogP contribution in [-0.2, 0) is 19.2 Å². The highest BCUT2D eigenvalue weighted by atomic mass is 16.2. The number of carbonyl (C=O) groups is 4.